The van der Waals surface area contributed by atoms with Crippen LogP contribution < -0.4 is 14.9 Å². The van der Waals surface area contributed by atoms with Crippen LogP contribution in [0.2, 0.25) is 5.02 Å². The summed E-state index contributed by atoms with van der Waals surface area (Å²) in [6.45, 7) is -3.35. The monoisotopic (exact) mass is 454 g/mol. The molecule has 0 saturated carbocycles. The molecule has 0 spiro atoms. The van der Waals surface area contributed by atoms with E-state index < -0.39 is 48.5 Å². The number of nitrogens with one attached hydrogen (secondary N) is 1. The van der Waals surface area contributed by atoms with E-state index in [0.717, 1.165) is 18.2 Å². The highest BCUT2D eigenvalue weighted by molar-refractivity contribution is 6.30. The Balaban J connectivity index is 2.18. The smallest absolute Gasteiger partial charge is 0.422 e. The molecule has 12 heteroatoms. The number of alkyl halides is 6. The van der Waals surface area contributed by atoms with Crippen molar-refractivity contribution in [2.45, 2.75) is 12.4 Å². The second kappa shape index (κ2) is 9.70. The Morgan fingerprint density at radius 1 is 0.967 bits per heavy atom. The highest BCUT2D eigenvalue weighted by Crippen LogP contribution is 2.27. The molecule has 2 aromatic rings. The molecule has 0 radical (unpaired) electrons. The maximum absolute atomic E-state index is 12.4. The molecule has 1 N–H and O–H groups in total. The first kappa shape index (κ1) is 23.3. The van der Waals surface area contributed by atoms with E-state index in [9.17, 15) is 31.1 Å². The fourth-order valence-corrected chi connectivity index (χ4v) is 2.13. The van der Waals surface area contributed by atoms with Gasteiger partial charge >= 0.3 is 12.4 Å². The number of hydrazone groups is 1. The van der Waals surface area contributed by atoms with Crippen molar-refractivity contribution in [1.82, 2.24) is 5.43 Å². The van der Waals surface area contributed by atoms with Gasteiger partial charge in [-0.05, 0) is 35.9 Å². The zero-order valence-corrected chi connectivity index (χ0v) is 15.6. The van der Waals surface area contributed by atoms with Crippen LogP contribution >= 0.6 is 11.6 Å². The minimum absolute atomic E-state index is 0.390. The van der Waals surface area contributed by atoms with Gasteiger partial charge in [0.05, 0.1) is 11.8 Å². The van der Waals surface area contributed by atoms with Gasteiger partial charge in [0.2, 0.25) is 0 Å². The molecule has 0 aromatic heterocycles. The van der Waals surface area contributed by atoms with Crippen LogP contribution in [-0.4, -0.2) is 37.7 Å². The Labute approximate surface area is 171 Å². The van der Waals surface area contributed by atoms with Crippen molar-refractivity contribution >= 4 is 23.7 Å². The number of hydrogen-bond acceptors (Lipinski definition) is 4. The zero-order valence-electron chi connectivity index (χ0n) is 14.9. The molecule has 30 heavy (non-hydrogen) atoms. The molecule has 5 nitrogen and oxygen atoms in total. The summed E-state index contributed by atoms with van der Waals surface area (Å²) in [6, 6.07) is 8.97. The number of hydrogen-bond donors (Lipinski definition) is 1. The van der Waals surface area contributed by atoms with Crippen molar-refractivity contribution in [2.75, 3.05) is 13.2 Å². The molecule has 0 unspecified atom stereocenters. The van der Waals surface area contributed by atoms with Crippen molar-refractivity contribution in [2.24, 2.45) is 5.10 Å². The topological polar surface area (TPSA) is 59.9 Å². The lowest BCUT2D eigenvalue weighted by Crippen LogP contribution is -2.23. The summed E-state index contributed by atoms with van der Waals surface area (Å²) in [5.41, 5.74) is 2.12. The lowest BCUT2D eigenvalue weighted by Gasteiger charge is -2.14. The molecule has 0 fully saturated rings. The number of carbonyl (C=O) groups is 1. The molecule has 0 heterocycles. The Bertz CT molecular complexity index is 898. The van der Waals surface area contributed by atoms with Crippen LogP contribution in [0.1, 0.15) is 15.9 Å². The summed E-state index contributed by atoms with van der Waals surface area (Å²) in [4.78, 5) is 12.3. The lowest BCUT2D eigenvalue weighted by molar-refractivity contribution is -0.154. The number of nitrogens with zero attached hydrogens (tertiary/aromatic N) is 1. The van der Waals surface area contributed by atoms with Gasteiger partial charge < -0.3 is 9.47 Å². The van der Waals surface area contributed by atoms with E-state index in [1.165, 1.54) is 6.21 Å². The van der Waals surface area contributed by atoms with Crippen LogP contribution in [0.4, 0.5) is 26.3 Å². The molecule has 0 saturated heterocycles. The quantitative estimate of drug-likeness (QED) is 0.364. The predicted octanol–water partition coefficient (Wildman–Crippen LogP) is 4.99. The third-order valence-corrected chi connectivity index (χ3v) is 3.49. The molecule has 0 bridgehead atoms. The van der Waals surface area contributed by atoms with Gasteiger partial charge in [0.1, 0.15) is 11.5 Å². The average Bonchev–Trinajstić information content (AvgIpc) is 2.65. The molecular weight excluding hydrogens is 442 g/mol. The maximum Gasteiger partial charge on any atom is 0.422 e. The van der Waals surface area contributed by atoms with Gasteiger partial charge in [-0.15, -0.1) is 0 Å². The van der Waals surface area contributed by atoms with E-state index in [-0.39, 0.29) is 0 Å². The molecule has 2 aromatic carbocycles. The van der Waals surface area contributed by atoms with Crippen molar-refractivity contribution in [3.8, 4) is 11.5 Å². The zero-order chi connectivity index (χ0) is 22.4. The van der Waals surface area contributed by atoms with Crippen LogP contribution in [-0.2, 0) is 0 Å². The van der Waals surface area contributed by atoms with E-state index >= 15 is 0 Å². The van der Waals surface area contributed by atoms with Crippen molar-refractivity contribution in [3.05, 3.63) is 58.6 Å². The average molecular weight is 455 g/mol. The van der Waals surface area contributed by atoms with Gasteiger partial charge in [0.15, 0.2) is 13.2 Å². The fourth-order valence-electron chi connectivity index (χ4n) is 2.00. The molecule has 0 aliphatic rings. The third kappa shape index (κ3) is 8.19. The van der Waals surface area contributed by atoms with Gasteiger partial charge in [0, 0.05) is 5.02 Å². The van der Waals surface area contributed by atoms with Crippen molar-refractivity contribution < 1.29 is 40.6 Å². The SMILES string of the molecule is O=C(NN=Cc1ccc(Cl)cc1)c1cc(OCC(F)(F)F)ccc1OCC(F)(F)F. The van der Waals surface area contributed by atoms with Crippen LogP contribution in [0.3, 0.4) is 0 Å². The highest BCUT2D eigenvalue weighted by Gasteiger charge is 2.30. The van der Waals surface area contributed by atoms with Crippen LogP contribution in [0, 0.1) is 0 Å². The lowest BCUT2D eigenvalue weighted by atomic mass is 10.2. The van der Waals surface area contributed by atoms with E-state index in [2.05, 4.69) is 20.0 Å². The van der Waals surface area contributed by atoms with E-state index in [0.29, 0.717) is 10.6 Å². The Kier molecular flexibility index (Phi) is 7.54. The molecule has 0 aliphatic heterocycles. The van der Waals surface area contributed by atoms with E-state index in [4.69, 9.17) is 11.6 Å². The van der Waals surface area contributed by atoms with Crippen molar-refractivity contribution in [3.63, 3.8) is 0 Å². The summed E-state index contributed by atoms with van der Waals surface area (Å²) in [5.74, 6) is -1.92. The third-order valence-electron chi connectivity index (χ3n) is 3.24. The van der Waals surface area contributed by atoms with Gasteiger partial charge in [-0.25, -0.2) is 5.43 Å². The predicted molar refractivity (Wildman–Crippen MR) is 96.1 cm³/mol. The van der Waals surface area contributed by atoms with Gasteiger partial charge in [0.25, 0.3) is 5.91 Å². The first-order valence-corrected chi connectivity index (χ1v) is 8.43. The fraction of sp³-hybridized carbons (Fsp3) is 0.222. The van der Waals surface area contributed by atoms with E-state index in [1.807, 2.05) is 0 Å². The van der Waals surface area contributed by atoms with Crippen LogP contribution in [0.15, 0.2) is 47.6 Å². The molecule has 162 valence electrons. The standard InChI is InChI=1S/C18H13ClF6N2O3/c19-12-3-1-11(2-4-12)8-26-27-16(28)14-7-13(29-9-17(20,21)22)5-6-15(14)30-10-18(23,24)25/h1-8H,9-10H2,(H,27,28). The number of rotatable bonds is 7. The summed E-state index contributed by atoms with van der Waals surface area (Å²) in [6.07, 6.45) is -8.10. The minimum atomic E-state index is -4.69. The molecule has 0 aliphatic carbocycles. The number of amides is 1. The van der Waals surface area contributed by atoms with Crippen LogP contribution in [0.5, 0.6) is 11.5 Å². The summed E-state index contributed by atoms with van der Waals surface area (Å²) in [7, 11) is 0. The largest absolute Gasteiger partial charge is 0.484 e. The number of halogens is 7. The first-order valence-electron chi connectivity index (χ1n) is 8.05. The molecule has 2 rings (SSSR count). The second-order valence-electron chi connectivity index (χ2n) is 5.72. The molecule has 1 amide bonds. The maximum atomic E-state index is 12.4. The second-order valence-corrected chi connectivity index (χ2v) is 6.15. The Morgan fingerprint density at radius 3 is 2.17 bits per heavy atom. The summed E-state index contributed by atoms with van der Waals surface area (Å²) < 4.78 is 83.2. The minimum Gasteiger partial charge on any atom is -0.484 e. The number of carbonyl (C=O) groups excluding carboxylic acids is 1. The Morgan fingerprint density at radius 2 is 1.57 bits per heavy atom. The normalized spacial score (nSPS) is 12.1. The van der Waals surface area contributed by atoms with E-state index in [1.54, 1.807) is 24.3 Å². The first-order chi connectivity index (χ1) is 13.9. The molecule has 0 atom stereocenters. The summed E-state index contributed by atoms with van der Waals surface area (Å²) in [5, 5.41) is 4.12. The van der Waals surface area contributed by atoms with Gasteiger partial charge in [-0.1, -0.05) is 23.7 Å². The molecular formula is C18H13ClF6N2O3. The number of ether oxygens (including phenoxy) is 2. The summed E-state index contributed by atoms with van der Waals surface area (Å²) >= 11 is 5.73. The van der Waals surface area contributed by atoms with Crippen LogP contribution in [0.25, 0.3) is 0 Å². The number of benzene rings is 2. The van der Waals surface area contributed by atoms with Gasteiger partial charge in [-0.3, -0.25) is 4.79 Å². The van der Waals surface area contributed by atoms with Crippen molar-refractivity contribution in [1.29, 1.82) is 0 Å². The highest BCUT2D eigenvalue weighted by atomic mass is 35.5. The Hall–Kier alpha value is -2.95. The van der Waals surface area contributed by atoms with Gasteiger partial charge in [-0.2, -0.15) is 31.4 Å².